The first-order valence-corrected chi connectivity index (χ1v) is 3.49. The largest absolute Gasteiger partial charge is 0.573 e. The number of rotatable bonds is 3. The zero-order valence-electron chi connectivity index (χ0n) is 6.78. The van der Waals surface area contributed by atoms with E-state index >= 15 is 0 Å². The molecule has 0 saturated carbocycles. The van der Waals surface area contributed by atoms with E-state index in [1.54, 1.807) is 0 Å². The second kappa shape index (κ2) is 4.23. The van der Waals surface area contributed by atoms with Gasteiger partial charge in [0.1, 0.15) is 11.5 Å². The Bertz CT molecular complexity index is 285. The summed E-state index contributed by atoms with van der Waals surface area (Å²) in [6.07, 6.45) is -4.70. The molecule has 0 bridgehead atoms. The third kappa shape index (κ3) is 3.57. The van der Waals surface area contributed by atoms with E-state index < -0.39 is 6.36 Å². The lowest BCUT2D eigenvalue weighted by Gasteiger charge is -2.08. The van der Waals surface area contributed by atoms with Crippen molar-refractivity contribution in [3.63, 3.8) is 0 Å². The molecule has 1 aromatic carbocycles. The van der Waals surface area contributed by atoms with Gasteiger partial charge < -0.3 is 14.4 Å². The van der Waals surface area contributed by atoms with Crippen LogP contribution in [0, 0.1) is 0 Å². The Morgan fingerprint density at radius 2 is 1.57 bits per heavy atom. The first-order valence-electron chi connectivity index (χ1n) is 3.49. The van der Waals surface area contributed by atoms with Crippen molar-refractivity contribution in [3.8, 4) is 11.5 Å². The lowest BCUT2D eigenvalue weighted by Crippen LogP contribution is -2.17. The van der Waals surface area contributed by atoms with Gasteiger partial charge in [-0.2, -0.15) is 0 Å². The molecule has 0 aliphatic heterocycles. The summed E-state index contributed by atoms with van der Waals surface area (Å²) in [5.41, 5.74) is 0. The molecule has 0 fully saturated rings. The van der Waals surface area contributed by atoms with Crippen molar-refractivity contribution in [2.24, 2.45) is 0 Å². The van der Waals surface area contributed by atoms with Crippen LogP contribution in [0.4, 0.5) is 13.2 Å². The van der Waals surface area contributed by atoms with Crippen molar-refractivity contribution >= 4 is 7.69 Å². The third-order valence-corrected chi connectivity index (χ3v) is 1.25. The van der Waals surface area contributed by atoms with Crippen molar-refractivity contribution in [2.75, 3.05) is 0 Å². The fourth-order valence-corrected chi connectivity index (χ4v) is 0.781. The summed E-state index contributed by atoms with van der Waals surface area (Å²) in [5.74, 6) is -0.134. The van der Waals surface area contributed by atoms with Crippen LogP contribution in [0.1, 0.15) is 0 Å². The van der Waals surface area contributed by atoms with Crippen LogP contribution in [0.5, 0.6) is 11.5 Å². The van der Waals surface area contributed by atoms with E-state index in [1.165, 1.54) is 12.1 Å². The molecule has 0 aromatic heterocycles. The van der Waals surface area contributed by atoms with Crippen molar-refractivity contribution in [2.45, 2.75) is 6.36 Å². The van der Waals surface area contributed by atoms with E-state index in [0.717, 1.165) is 12.1 Å². The summed E-state index contributed by atoms with van der Waals surface area (Å²) in [6, 6.07) is 4.61. The molecule has 0 amide bonds. The average molecular weight is 205 g/mol. The molecule has 1 N–H and O–H groups in total. The second-order valence-electron chi connectivity index (χ2n) is 2.24. The van der Waals surface area contributed by atoms with Crippen LogP contribution in [0.25, 0.3) is 0 Å². The van der Waals surface area contributed by atoms with Gasteiger partial charge in [0.2, 0.25) is 0 Å². The molecule has 1 radical (unpaired) electrons. The van der Waals surface area contributed by atoms with E-state index in [2.05, 4.69) is 9.39 Å². The molecule has 1 aromatic rings. The van der Waals surface area contributed by atoms with Crippen LogP contribution >= 0.6 is 0 Å². The molecular formula is C7H5BF3O3. The monoisotopic (exact) mass is 205 g/mol. The Morgan fingerprint density at radius 3 is 2.00 bits per heavy atom. The predicted octanol–water partition coefficient (Wildman–Crippen LogP) is 1.49. The van der Waals surface area contributed by atoms with E-state index in [4.69, 9.17) is 5.02 Å². The normalized spacial score (nSPS) is 10.9. The number of hydrogen-bond donors (Lipinski definition) is 1. The van der Waals surface area contributed by atoms with Crippen molar-refractivity contribution in [1.82, 2.24) is 0 Å². The summed E-state index contributed by atoms with van der Waals surface area (Å²) in [7, 11) is 0.430. The highest BCUT2D eigenvalue weighted by molar-refractivity contribution is 6.17. The number of benzene rings is 1. The molecule has 75 valence electrons. The molecule has 1 rings (SSSR count). The number of hydrogen-bond acceptors (Lipinski definition) is 3. The number of halogens is 3. The van der Waals surface area contributed by atoms with Crippen LogP contribution in [0.3, 0.4) is 0 Å². The Balaban J connectivity index is 2.64. The number of alkyl halides is 3. The molecule has 0 saturated heterocycles. The first kappa shape index (κ1) is 10.7. The molecule has 0 heterocycles. The van der Waals surface area contributed by atoms with E-state index in [1.807, 2.05) is 0 Å². The first-order chi connectivity index (χ1) is 6.51. The van der Waals surface area contributed by atoms with Crippen LogP contribution < -0.4 is 9.39 Å². The summed E-state index contributed by atoms with van der Waals surface area (Å²) in [4.78, 5) is 0. The maximum atomic E-state index is 11.7. The van der Waals surface area contributed by atoms with Gasteiger partial charge in [0.15, 0.2) is 0 Å². The van der Waals surface area contributed by atoms with Crippen molar-refractivity contribution in [1.29, 1.82) is 0 Å². The van der Waals surface area contributed by atoms with Gasteiger partial charge in [0.05, 0.1) is 0 Å². The highest BCUT2D eigenvalue weighted by Gasteiger charge is 2.30. The van der Waals surface area contributed by atoms with Crippen molar-refractivity contribution in [3.05, 3.63) is 24.3 Å². The SMILES string of the molecule is O[B]Oc1ccc(OC(F)(F)F)cc1. The zero-order valence-corrected chi connectivity index (χ0v) is 6.78. The Hall–Kier alpha value is -1.37. The van der Waals surface area contributed by atoms with Gasteiger partial charge in [-0.05, 0) is 24.3 Å². The highest BCUT2D eigenvalue weighted by Crippen LogP contribution is 2.24. The molecule has 0 aliphatic carbocycles. The van der Waals surface area contributed by atoms with Crippen LogP contribution in [0.2, 0.25) is 0 Å². The van der Waals surface area contributed by atoms with E-state index in [0.29, 0.717) is 7.69 Å². The summed E-state index contributed by atoms with van der Waals surface area (Å²) < 4.78 is 43.2. The van der Waals surface area contributed by atoms with Crippen molar-refractivity contribution < 1.29 is 27.6 Å². The highest BCUT2D eigenvalue weighted by atomic mass is 19.4. The maximum absolute atomic E-state index is 11.7. The summed E-state index contributed by atoms with van der Waals surface area (Å²) in [6.45, 7) is 0. The Labute approximate surface area is 78.4 Å². The molecule has 0 aliphatic rings. The molecule has 0 unspecified atom stereocenters. The Morgan fingerprint density at radius 1 is 1.07 bits per heavy atom. The molecule has 0 spiro atoms. The van der Waals surface area contributed by atoms with Crippen LogP contribution in [-0.4, -0.2) is 19.1 Å². The average Bonchev–Trinajstić information content (AvgIpc) is 2.06. The fourth-order valence-electron chi connectivity index (χ4n) is 0.781. The van der Waals surface area contributed by atoms with Gasteiger partial charge in [-0.15, -0.1) is 13.2 Å². The lowest BCUT2D eigenvalue weighted by molar-refractivity contribution is -0.274. The topological polar surface area (TPSA) is 38.7 Å². The summed E-state index contributed by atoms with van der Waals surface area (Å²) in [5, 5.41) is 8.22. The lowest BCUT2D eigenvalue weighted by atomic mass is 10.3. The van der Waals surface area contributed by atoms with E-state index in [9.17, 15) is 13.2 Å². The van der Waals surface area contributed by atoms with Gasteiger partial charge in [-0.1, -0.05) is 0 Å². The number of ether oxygens (including phenoxy) is 1. The van der Waals surface area contributed by atoms with Crippen LogP contribution in [0.15, 0.2) is 24.3 Å². The van der Waals surface area contributed by atoms with Gasteiger partial charge in [0.25, 0.3) is 0 Å². The van der Waals surface area contributed by atoms with E-state index in [-0.39, 0.29) is 11.5 Å². The van der Waals surface area contributed by atoms with Gasteiger partial charge >= 0.3 is 14.0 Å². The predicted molar refractivity (Wildman–Crippen MR) is 41.7 cm³/mol. The Kier molecular flexibility index (Phi) is 3.24. The standard InChI is InChI=1S/C7H5BF3O3/c9-7(10,11)13-5-1-3-6(4-2-5)14-8-12/h1-4,12H. The zero-order chi connectivity index (χ0) is 10.6. The van der Waals surface area contributed by atoms with Gasteiger partial charge in [0, 0.05) is 0 Å². The van der Waals surface area contributed by atoms with Gasteiger partial charge in [-0.25, -0.2) is 0 Å². The maximum Gasteiger partial charge on any atom is 0.573 e. The van der Waals surface area contributed by atoms with Crippen LogP contribution in [-0.2, 0) is 0 Å². The summed E-state index contributed by atoms with van der Waals surface area (Å²) >= 11 is 0. The fraction of sp³-hybridized carbons (Fsp3) is 0.143. The molecule has 14 heavy (non-hydrogen) atoms. The third-order valence-electron chi connectivity index (χ3n) is 1.25. The molecule has 7 heteroatoms. The smallest absolute Gasteiger partial charge is 0.537 e. The van der Waals surface area contributed by atoms with Gasteiger partial charge in [-0.3, -0.25) is 0 Å². The minimum absolute atomic E-state index is 0.210. The second-order valence-corrected chi connectivity index (χ2v) is 2.24. The quantitative estimate of drug-likeness (QED) is 0.759. The molecule has 3 nitrogen and oxygen atoms in total. The minimum atomic E-state index is -4.70. The molecule has 0 atom stereocenters. The minimum Gasteiger partial charge on any atom is -0.537 e. The molecular weight excluding hydrogens is 200 g/mol.